The number of nitrogens with one attached hydrogen (secondary N) is 1. The maximum Gasteiger partial charge on any atom is 0.342 e. The molecule has 0 aromatic carbocycles. The Labute approximate surface area is 136 Å². The van der Waals surface area contributed by atoms with E-state index in [2.05, 4.69) is 15.3 Å². The predicted molar refractivity (Wildman–Crippen MR) is 85.4 cm³/mol. The number of rotatable bonds is 3. The summed E-state index contributed by atoms with van der Waals surface area (Å²) >= 11 is 0. The summed E-state index contributed by atoms with van der Waals surface area (Å²) < 4.78 is 5.25. The van der Waals surface area contributed by atoms with Crippen molar-refractivity contribution in [3.8, 4) is 0 Å². The normalized spacial score (nSPS) is 18.2. The fourth-order valence-electron chi connectivity index (χ4n) is 2.65. The topological polar surface area (TPSA) is 84.4 Å². The van der Waals surface area contributed by atoms with Crippen molar-refractivity contribution in [3.05, 3.63) is 22.8 Å². The minimum atomic E-state index is -0.552. The van der Waals surface area contributed by atoms with Gasteiger partial charge in [-0.3, -0.25) is 4.79 Å². The van der Waals surface area contributed by atoms with Gasteiger partial charge in [-0.25, -0.2) is 14.8 Å². The minimum Gasteiger partial charge on any atom is -0.459 e. The third-order valence-electron chi connectivity index (χ3n) is 3.61. The quantitative estimate of drug-likeness (QED) is 0.839. The number of carbonyl (C=O) groups excluding carboxylic acids is 2. The maximum absolute atomic E-state index is 12.9. The second-order valence-electron chi connectivity index (χ2n) is 6.14. The van der Waals surface area contributed by atoms with Gasteiger partial charge in [0.2, 0.25) is 0 Å². The first kappa shape index (κ1) is 17.3. The van der Waals surface area contributed by atoms with E-state index in [1.54, 1.807) is 32.6 Å². The number of carbonyl (C=O) groups is 2. The van der Waals surface area contributed by atoms with E-state index in [-0.39, 0.29) is 29.3 Å². The molecule has 1 atom stereocenters. The largest absolute Gasteiger partial charge is 0.459 e. The van der Waals surface area contributed by atoms with Gasteiger partial charge in [-0.15, -0.1) is 0 Å². The van der Waals surface area contributed by atoms with Gasteiger partial charge in [0, 0.05) is 25.7 Å². The van der Waals surface area contributed by atoms with Crippen molar-refractivity contribution in [3.63, 3.8) is 0 Å². The average Bonchev–Trinajstić information content (AvgIpc) is 2.44. The highest BCUT2D eigenvalue weighted by Crippen LogP contribution is 2.17. The third kappa shape index (κ3) is 4.04. The lowest BCUT2D eigenvalue weighted by atomic mass is 10.1. The molecule has 0 saturated carbocycles. The summed E-state index contributed by atoms with van der Waals surface area (Å²) in [6.07, 6.45) is -0.273. The summed E-state index contributed by atoms with van der Waals surface area (Å²) in [4.78, 5) is 35.4. The smallest absolute Gasteiger partial charge is 0.342 e. The van der Waals surface area contributed by atoms with E-state index >= 15 is 0 Å². The van der Waals surface area contributed by atoms with Crippen LogP contribution >= 0.6 is 0 Å². The van der Waals surface area contributed by atoms with Gasteiger partial charge in [-0.05, 0) is 34.6 Å². The van der Waals surface area contributed by atoms with Crippen molar-refractivity contribution < 1.29 is 14.3 Å². The Bertz CT molecular complexity index is 616. The van der Waals surface area contributed by atoms with Crippen LogP contribution in [-0.4, -0.2) is 58.5 Å². The van der Waals surface area contributed by atoms with Crippen molar-refractivity contribution >= 4 is 11.9 Å². The Morgan fingerprint density at radius 2 is 2.00 bits per heavy atom. The zero-order valence-electron chi connectivity index (χ0n) is 14.3. The van der Waals surface area contributed by atoms with Crippen molar-refractivity contribution in [2.45, 2.75) is 46.8 Å². The first-order valence-electron chi connectivity index (χ1n) is 7.88. The molecule has 23 heavy (non-hydrogen) atoms. The molecule has 1 fully saturated rings. The molecule has 7 nitrogen and oxygen atoms in total. The molecule has 2 heterocycles. The highest BCUT2D eigenvalue weighted by atomic mass is 16.5. The van der Waals surface area contributed by atoms with Crippen LogP contribution in [0.5, 0.6) is 0 Å². The van der Waals surface area contributed by atoms with Crippen LogP contribution < -0.4 is 5.32 Å². The molecule has 1 unspecified atom stereocenters. The summed E-state index contributed by atoms with van der Waals surface area (Å²) in [5.74, 6) is -0.332. The number of amides is 1. The molecule has 0 aliphatic carbocycles. The lowest BCUT2D eigenvalue weighted by molar-refractivity contribution is 0.0369. The molecule has 1 aromatic heterocycles. The number of nitrogens with zero attached hydrogens (tertiary/aromatic N) is 3. The SMILES string of the molecule is Cc1nc(C)c(C(=O)OC(C)C)c(C(=O)N2CCNC(C)C2)n1. The Morgan fingerprint density at radius 1 is 1.30 bits per heavy atom. The number of ether oxygens (including phenoxy) is 1. The number of aryl methyl sites for hydroxylation is 2. The van der Waals surface area contributed by atoms with Crippen LogP contribution in [0, 0.1) is 13.8 Å². The molecule has 1 saturated heterocycles. The first-order valence-corrected chi connectivity index (χ1v) is 7.88. The minimum absolute atomic E-state index is 0.134. The Balaban J connectivity index is 2.39. The molecule has 1 aromatic rings. The molecule has 0 radical (unpaired) electrons. The van der Waals surface area contributed by atoms with E-state index in [1.165, 1.54) is 0 Å². The monoisotopic (exact) mass is 320 g/mol. The van der Waals surface area contributed by atoms with Gasteiger partial charge in [0.1, 0.15) is 17.1 Å². The van der Waals surface area contributed by atoms with Crippen molar-refractivity contribution in [2.75, 3.05) is 19.6 Å². The van der Waals surface area contributed by atoms with Crippen LogP contribution in [0.25, 0.3) is 0 Å². The maximum atomic E-state index is 12.9. The molecule has 126 valence electrons. The number of hydrogen-bond donors (Lipinski definition) is 1. The third-order valence-corrected chi connectivity index (χ3v) is 3.61. The van der Waals surface area contributed by atoms with E-state index in [4.69, 9.17) is 4.74 Å². The van der Waals surface area contributed by atoms with Gasteiger partial charge < -0.3 is 15.0 Å². The summed E-state index contributed by atoms with van der Waals surface area (Å²) in [5, 5.41) is 3.29. The molecule has 0 bridgehead atoms. The Kier molecular flexibility index (Phi) is 5.30. The molecular formula is C16H24N4O3. The first-order chi connectivity index (χ1) is 10.8. The lowest BCUT2D eigenvalue weighted by Crippen LogP contribution is -2.51. The highest BCUT2D eigenvalue weighted by Gasteiger charge is 2.29. The van der Waals surface area contributed by atoms with Crippen LogP contribution in [-0.2, 0) is 4.74 Å². The molecule has 1 amide bonds. The van der Waals surface area contributed by atoms with Gasteiger partial charge in [0.05, 0.1) is 11.8 Å². The van der Waals surface area contributed by atoms with E-state index in [0.717, 1.165) is 6.54 Å². The predicted octanol–water partition coefficient (Wildman–Crippen LogP) is 1.09. The van der Waals surface area contributed by atoms with Gasteiger partial charge in [-0.1, -0.05) is 0 Å². The average molecular weight is 320 g/mol. The molecular weight excluding hydrogens is 296 g/mol. The van der Waals surface area contributed by atoms with E-state index in [1.807, 2.05) is 6.92 Å². The fourth-order valence-corrected chi connectivity index (χ4v) is 2.65. The van der Waals surface area contributed by atoms with Crippen molar-refractivity contribution in [1.82, 2.24) is 20.2 Å². The Hall–Kier alpha value is -2.02. The van der Waals surface area contributed by atoms with E-state index in [0.29, 0.717) is 24.6 Å². The van der Waals surface area contributed by atoms with Crippen LogP contribution in [0.15, 0.2) is 0 Å². The second kappa shape index (κ2) is 7.04. The van der Waals surface area contributed by atoms with Crippen LogP contribution in [0.3, 0.4) is 0 Å². The number of piperazine rings is 1. The van der Waals surface area contributed by atoms with Crippen LogP contribution in [0.1, 0.15) is 53.1 Å². The van der Waals surface area contributed by atoms with Crippen molar-refractivity contribution in [2.24, 2.45) is 0 Å². The van der Waals surface area contributed by atoms with Gasteiger partial charge in [0.15, 0.2) is 0 Å². The molecule has 0 spiro atoms. The summed E-state index contributed by atoms with van der Waals surface area (Å²) in [6, 6.07) is 0.211. The van der Waals surface area contributed by atoms with E-state index in [9.17, 15) is 9.59 Å². The molecule has 7 heteroatoms. The van der Waals surface area contributed by atoms with Crippen LogP contribution in [0.2, 0.25) is 0 Å². The standard InChI is InChI=1S/C16H24N4O3/c1-9(2)23-16(22)13-11(4)18-12(5)19-14(13)15(21)20-7-6-17-10(3)8-20/h9-10,17H,6-8H2,1-5H3. The van der Waals surface area contributed by atoms with Gasteiger partial charge in [-0.2, -0.15) is 0 Å². The lowest BCUT2D eigenvalue weighted by Gasteiger charge is -2.32. The summed E-state index contributed by atoms with van der Waals surface area (Å²) in [6.45, 7) is 10.9. The van der Waals surface area contributed by atoms with Crippen LogP contribution in [0.4, 0.5) is 0 Å². The molecule has 1 aliphatic rings. The zero-order chi connectivity index (χ0) is 17.1. The highest BCUT2D eigenvalue weighted by molar-refractivity contribution is 6.04. The zero-order valence-corrected chi connectivity index (χ0v) is 14.3. The molecule has 2 rings (SSSR count). The number of esters is 1. The van der Waals surface area contributed by atoms with Gasteiger partial charge in [0.25, 0.3) is 5.91 Å². The summed E-state index contributed by atoms with van der Waals surface area (Å²) in [7, 11) is 0. The van der Waals surface area contributed by atoms with Crippen molar-refractivity contribution in [1.29, 1.82) is 0 Å². The number of hydrogen-bond acceptors (Lipinski definition) is 6. The summed E-state index contributed by atoms with van der Waals surface area (Å²) in [5.41, 5.74) is 0.768. The second-order valence-corrected chi connectivity index (χ2v) is 6.14. The Morgan fingerprint density at radius 3 is 2.61 bits per heavy atom. The molecule has 1 aliphatic heterocycles. The van der Waals surface area contributed by atoms with E-state index < -0.39 is 5.97 Å². The fraction of sp³-hybridized carbons (Fsp3) is 0.625. The van der Waals surface area contributed by atoms with Gasteiger partial charge >= 0.3 is 5.97 Å². The number of aromatic nitrogens is 2. The molecule has 1 N–H and O–H groups in total.